The van der Waals surface area contributed by atoms with Gasteiger partial charge < -0.3 is 9.40 Å². The van der Waals surface area contributed by atoms with Gasteiger partial charge in [-0.1, -0.05) is 0 Å². The smallest absolute Gasteiger partial charge is 0.266 e. The molecule has 13 heavy (non-hydrogen) atoms. The lowest BCUT2D eigenvalue weighted by Crippen LogP contribution is -2.03. The zero-order valence-corrected chi connectivity index (χ0v) is 7.07. The van der Waals surface area contributed by atoms with Crippen LogP contribution in [0.2, 0.25) is 0 Å². The first kappa shape index (κ1) is 7.79. The van der Waals surface area contributed by atoms with Gasteiger partial charge in [-0.05, 0) is 19.1 Å². The number of hydrogen-bond acceptors (Lipinski definition) is 3. The third kappa shape index (κ3) is 1.51. The molecular weight excluding hydrogens is 168 g/mol. The van der Waals surface area contributed by atoms with Gasteiger partial charge in [0, 0.05) is 6.20 Å². The van der Waals surface area contributed by atoms with E-state index in [1.807, 2.05) is 19.1 Å². The van der Waals surface area contributed by atoms with Crippen molar-refractivity contribution in [1.29, 1.82) is 0 Å². The molecular formula is C9H8N2O2. The van der Waals surface area contributed by atoms with Crippen LogP contribution in [-0.2, 0) is 0 Å². The van der Waals surface area contributed by atoms with Gasteiger partial charge in [0.05, 0.1) is 6.20 Å². The number of furan rings is 1. The molecule has 0 spiro atoms. The molecule has 0 amide bonds. The SMILES string of the molecule is Cc1ccc(-c2c[nH]c(=O)cn2)o1. The third-order valence-electron chi connectivity index (χ3n) is 1.66. The van der Waals surface area contributed by atoms with Crippen LogP contribution in [0.4, 0.5) is 0 Å². The lowest BCUT2D eigenvalue weighted by Gasteiger charge is -1.92. The van der Waals surface area contributed by atoms with E-state index in [2.05, 4.69) is 9.97 Å². The summed E-state index contributed by atoms with van der Waals surface area (Å²) in [6.45, 7) is 1.86. The van der Waals surface area contributed by atoms with Crippen LogP contribution < -0.4 is 5.56 Å². The van der Waals surface area contributed by atoms with Gasteiger partial charge in [0.25, 0.3) is 5.56 Å². The van der Waals surface area contributed by atoms with Crippen LogP contribution in [-0.4, -0.2) is 9.97 Å². The second kappa shape index (κ2) is 2.90. The summed E-state index contributed by atoms with van der Waals surface area (Å²) in [6.07, 6.45) is 2.76. The maximum atomic E-state index is 10.7. The molecule has 0 saturated carbocycles. The molecule has 1 N–H and O–H groups in total. The summed E-state index contributed by atoms with van der Waals surface area (Å²) in [7, 11) is 0. The molecule has 0 atom stereocenters. The summed E-state index contributed by atoms with van der Waals surface area (Å²) in [5.41, 5.74) is 0.416. The van der Waals surface area contributed by atoms with E-state index in [0.29, 0.717) is 11.5 Å². The van der Waals surface area contributed by atoms with E-state index >= 15 is 0 Å². The fourth-order valence-electron chi connectivity index (χ4n) is 1.05. The van der Waals surface area contributed by atoms with Crippen molar-refractivity contribution in [2.75, 3.05) is 0 Å². The van der Waals surface area contributed by atoms with Crippen molar-refractivity contribution in [1.82, 2.24) is 9.97 Å². The lowest BCUT2D eigenvalue weighted by atomic mass is 10.3. The Morgan fingerprint density at radius 1 is 1.46 bits per heavy atom. The Kier molecular flexibility index (Phi) is 1.73. The molecule has 0 aromatic carbocycles. The number of aromatic amines is 1. The first-order valence-corrected chi connectivity index (χ1v) is 3.87. The van der Waals surface area contributed by atoms with Crippen molar-refractivity contribution in [3.8, 4) is 11.5 Å². The molecule has 0 unspecified atom stereocenters. The van der Waals surface area contributed by atoms with Gasteiger partial charge in [-0.15, -0.1) is 0 Å². The minimum atomic E-state index is -0.216. The van der Waals surface area contributed by atoms with Crippen LogP contribution in [0.1, 0.15) is 5.76 Å². The van der Waals surface area contributed by atoms with E-state index in [-0.39, 0.29) is 5.56 Å². The fourth-order valence-corrected chi connectivity index (χ4v) is 1.05. The van der Waals surface area contributed by atoms with E-state index in [9.17, 15) is 4.79 Å². The van der Waals surface area contributed by atoms with Crippen molar-refractivity contribution >= 4 is 0 Å². The fraction of sp³-hybridized carbons (Fsp3) is 0.111. The molecule has 4 heteroatoms. The maximum absolute atomic E-state index is 10.7. The highest BCUT2D eigenvalue weighted by Crippen LogP contribution is 2.17. The highest BCUT2D eigenvalue weighted by molar-refractivity contribution is 5.50. The van der Waals surface area contributed by atoms with Gasteiger partial charge >= 0.3 is 0 Å². The average Bonchev–Trinajstić information content (AvgIpc) is 2.53. The predicted molar refractivity (Wildman–Crippen MR) is 47.3 cm³/mol. The van der Waals surface area contributed by atoms with Crippen LogP contribution in [0, 0.1) is 6.92 Å². The molecule has 0 aliphatic carbocycles. The van der Waals surface area contributed by atoms with Crippen LogP contribution in [0.15, 0.2) is 33.7 Å². The zero-order valence-electron chi connectivity index (χ0n) is 7.07. The Hall–Kier alpha value is -1.84. The molecule has 0 bridgehead atoms. The number of aromatic nitrogens is 2. The molecule has 4 nitrogen and oxygen atoms in total. The molecule has 0 aliphatic rings. The molecule has 2 aromatic rings. The number of H-pyrrole nitrogens is 1. The normalized spacial score (nSPS) is 10.2. The number of rotatable bonds is 1. The van der Waals surface area contributed by atoms with Gasteiger partial charge in [-0.25, -0.2) is 4.98 Å². The van der Waals surface area contributed by atoms with Crippen LogP contribution in [0.3, 0.4) is 0 Å². The van der Waals surface area contributed by atoms with Crippen LogP contribution >= 0.6 is 0 Å². The molecule has 0 radical (unpaired) electrons. The summed E-state index contributed by atoms with van der Waals surface area (Å²) >= 11 is 0. The predicted octanol–water partition coefficient (Wildman–Crippen LogP) is 1.34. The minimum absolute atomic E-state index is 0.216. The van der Waals surface area contributed by atoms with Crippen LogP contribution in [0.25, 0.3) is 11.5 Å². The molecule has 66 valence electrons. The Balaban J connectivity index is 2.47. The Labute approximate surface area is 74.2 Å². The number of aryl methyl sites for hydroxylation is 1. The standard InChI is InChI=1S/C9H8N2O2/c1-6-2-3-8(13-6)7-4-11-9(12)5-10-7/h2-5H,1H3,(H,11,12). The molecule has 0 fully saturated rings. The highest BCUT2D eigenvalue weighted by atomic mass is 16.3. The summed E-state index contributed by atoms with van der Waals surface area (Å²) in [6, 6.07) is 3.66. The largest absolute Gasteiger partial charge is 0.460 e. The summed E-state index contributed by atoms with van der Waals surface area (Å²) in [4.78, 5) is 17.2. The van der Waals surface area contributed by atoms with Gasteiger partial charge in [0.1, 0.15) is 11.5 Å². The van der Waals surface area contributed by atoms with Crippen molar-refractivity contribution in [3.05, 3.63) is 40.6 Å². The molecule has 2 rings (SSSR count). The second-order valence-electron chi connectivity index (χ2n) is 2.71. The Morgan fingerprint density at radius 2 is 2.31 bits per heavy atom. The van der Waals surface area contributed by atoms with Crippen molar-refractivity contribution in [2.45, 2.75) is 6.92 Å². The monoisotopic (exact) mass is 176 g/mol. The van der Waals surface area contributed by atoms with Crippen molar-refractivity contribution < 1.29 is 4.42 Å². The van der Waals surface area contributed by atoms with E-state index in [1.54, 1.807) is 0 Å². The number of nitrogens with one attached hydrogen (secondary N) is 1. The summed E-state index contributed by atoms with van der Waals surface area (Å²) in [5, 5.41) is 0. The van der Waals surface area contributed by atoms with E-state index < -0.39 is 0 Å². The first-order valence-electron chi connectivity index (χ1n) is 3.87. The molecule has 2 aromatic heterocycles. The highest BCUT2D eigenvalue weighted by Gasteiger charge is 2.02. The molecule has 2 heterocycles. The zero-order chi connectivity index (χ0) is 9.26. The molecule has 0 saturated heterocycles. The Bertz CT molecular complexity index is 450. The van der Waals surface area contributed by atoms with Gasteiger partial charge in [0.2, 0.25) is 0 Å². The van der Waals surface area contributed by atoms with Gasteiger partial charge in [-0.3, -0.25) is 4.79 Å². The molecule has 0 aliphatic heterocycles. The van der Waals surface area contributed by atoms with Crippen molar-refractivity contribution in [2.24, 2.45) is 0 Å². The average molecular weight is 176 g/mol. The van der Waals surface area contributed by atoms with E-state index in [1.165, 1.54) is 12.4 Å². The Morgan fingerprint density at radius 3 is 2.85 bits per heavy atom. The maximum Gasteiger partial charge on any atom is 0.266 e. The quantitative estimate of drug-likeness (QED) is 0.713. The van der Waals surface area contributed by atoms with Crippen LogP contribution in [0.5, 0.6) is 0 Å². The van der Waals surface area contributed by atoms with Crippen molar-refractivity contribution in [3.63, 3.8) is 0 Å². The first-order chi connectivity index (χ1) is 6.25. The lowest BCUT2D eigenvalue weighted by molar-refractivity contribution is 0.546. The number of nitrogens with zero attached hydrogens (tertiary/aromatic N) is 1. The van der Waals surface area contributed by atoms with E-state index in [4.69, 9.17) is 4.42 Å². The summed E-state index contributed by atoms with van der Waals surface area (Å²) < 4.78 is 5.32. The van der Waals surface area contributed by atoms with Gasteiger partial charge in [0.15, 0.2) is 5.76 Å². The topological polar surface area (TPSA) is 58.9 Å². The minimum Gasteiger partial charge on any atom is -0.460 e. The van der Waals surface area contributed by atoms with E-state index in [0.717, 1.165) is 5.76 Å². The van der Waals surface area contributed by atoms with Gasteiger partial charge in [-0.2, -0.15) is 0 Å². The summed E-state index contributed by atoms with van der Waals surface area (Å²) in [5.74, 6) is 1.48. The third-order valence-corrected chi connectivity index (χ3v) is 1.66. The second-order valence-corrected chi connectivity index (χ2v) is 2.71. The number of hydrogen-bond donors (Lipinski definition) is 1.